The molecule has 78 valence electrons. The van der Waals surface area contributed by atoms with E-state index in [1.807, 2.05) is 6.07 Å². The smallest absolute Gasteiger partial charge is 0.0251 e. The quantitative estimate of drug-likeness (QED) is 0.620. The van der Waals surface area contributed by atoms with Crippen LogP contribution in [0.4, 0.5) is 0 Å². The molecule has 0 amide bonds. The average Bonchev–Trinajstić information content (AvgIpc) is 2.29. The van der Waals surface area contributed by atoms with Crippen molar-refractivity contribution in [2.24, 2.45) is 0 Å². The molecule has 2 rings (SSSR count). The molecule has 0 aromatic heterocycles. The third-order valence-electron chi connectivity index (χ3n) is 2.63. The van der Waals surface area contributed by atoms with E-state index in [-0.39, 0.29) is 0 Å². The van der Waals surface area contributed by atoms with E-state index < -0.39 is 0 Å². The molecule has 0 atom stereocenters. The van der Waals surface area contributed by atoms with Gasteiger partial charge in [0.25, 0.3) is 0 Å². The minimum absolute atomic E-state index is 0.940. The lowest BCUT2D eigenvalue weighted by atomic mass is 10.00. The van der Waals surface area contributed by atoms with Gasteiger partial charge in [-0.05, 0) is 42.7 Å². The van der Waals surface area contributed by atoms with Crippen molar-refractivity contribution in [1.29, 1.82) is 0 Å². The molecular weight excluding hydrogens is 192 g/mol. The van der Waals surface area contributed by atoms with Crippen LogP contribution >= 0.6 is 0 Å². The largest absolute Gasteiger partial charge is 0.115 e. The van der Waals surface area contributed by atoms with Crippen LogP contribution in [0.3, 0.4) is 0 Å². The summed E-state index contributed by atoms with van der Waals surface area (Å²) in [5, 5.41) is 0. The van der Waals surface area contributed by atoms with Crippen molar-refractivity contribution in [2.75, 3.05) is 0 Å². The Kier molecular flexibility index (Phi) is 2.79. The minimum atomic E-state index is 0.940. The van der Waals surface area contributed by atoms with Gasteiger partial charge in [0.1, 0.15) is 0 Å². The summed E-state index contributed by atoms with van der Waals surface area (Å²) in [6.07, 6.45) is 5.44. The Hall–Kier alpha value is -2.00. The van der Waals surface area contributed by atoms with E-state index in [0.29, 0.717) is 0 Å². The third-order valence-corrected chi connectivity index (χ3v) is 2.63. The van der Waals surface area contributed by atoms with E-state index in [1.165, 1.54) is 22.3 Å². The fourth-order valence-corrected chi connectivity index (χ4v) is 1.78. The fraction of sp³-hybridized carbons (Fsp3) is 0.125. The van der Waals surface area contributed by atoms with Gasteiger partial charge in [0.2, 0.25) is 0 Å². The second kappa shape index (κ2) is 4.24. The number of aryl methyl sites for hydroxylation is 2. The van der Waals surface area contributed by atoms with Crippen LogP contribution in [0.5, 0.6) is 0 Å². The lowest BCUT2D eigenvalue weighted by Gasteiger charge is -2.05. The maximum absolute atomic E-state index is 5.44. The van der Waals surface area contributed by atoms with E-state index in [4.69, 9.17) is 6.42 Å². The predicted octanol–water partition coefficient (Wildman–Crippen LogP) is 3.95. The summed E-state index contributed by atoms with van der Waals surface area (Å²) in [5.41, 5.74) is 5.81. The summed E-state index contributed by atoms with van der Waals surface area (Å²) in [6.45, 7) is 4.16. The number of hydrogen-bond donors (Lipinski definition) is 0. The molecule has 0 saturated heterocycles. The van der Waals surface area contributed by atoms with Crippen LogP contribution in [0.25, 0.3) is 11.1 Å². The van der Waals surface area contributed by atoms with Crippen LogP contribution in [0.1, 0.15) is 16.7 Å². The Labute approximate surface area is 96.9 Å². The maximum atomic E-state index is 5.44. The molecule has 16 heavy (non-hydrogen) atoms. The molecule has 0 aliphatic heterocycles. The Morgan fingerprint density at radius 1 is 0.812 bits per heavy atom. The Morgan fingerprint density at radius 3 is 2.12 bits per heavy atom. The van der Waals surface area contributed by atoms with E-state index in [0.717, 1.165) is 5.56 Å². The molecule has 0 N–H and O–H groups in total. The van der Waals surface area contributed by atoms with E-state index in [9.17, 15) is 0 Å². The van der Waals surface area contributed by atoms with E-state index >= 15 is 0 Å². The minimum Gasteiger partial charge on any atom is -0.115 e. The summed E-state index contributed by atoms with van der Waals surface area (Å²) < 4.78 is 0. The number of rotatable bonds is 1. The van der Waals surface area contributed by atoms with Crippen LogP contribution in [0, 0.1) is 26.2 Å². The summed E-state index contributed by atoms with van der Waals surface area (Å²) in [7, 11) is 0. The lowest BCUT2D eigenvalue weighted by Crippen LogP contribution is -1.83. The molecule has 0 nitrogen and oxygen atoms in total. The SMILES string of the molecule is C#Cc1cc(C)cc(-c2ccc(C)cc2)c1. The first-order valence-corrected chi connectivity index (χ1v) is 5.34. The van der Waals surface area contributed by atoms with Crippen LogP contribution in [-0.4, -0.2) is 0 Å². The number of benzene rings is 2. The molecule has 0 aliphatic rings. The number of hydrogen-bond acceptors (Lipinski definition) is 0. The molecule has 0 spiro atoms. The monoisotopic (exact) mass is 206 g/mol. The molecule has 0 bridgehead atoms. The highest BCUT2D eigenvalue weighted by molar-refractivity contribution is 5.66. The van der Waals surface area contributed by atoms with Crippen molar-refractivity contribution in [3.05, 3.63) is 59.2 Å². The Balaban J connectivity index is 2.52. The van der Waals surface area contributed by atoms with Gasteiger partial charge in [-0.1, -0.05) is 41.8 Å². The second-order valence-corrected chi connectivity index (χ2v) is 4.10. The molecule has 0 heteroatoms. The molecule has 0 fully saturated rings. The van der Waals surface area contributed by atoms with E-state index in [1.54, 1.807) is 0 Å². The summed E-state index contributed by atoms with van der Waals surface area (Å²) in [4.78, 5) is 0. The lowest BCUT2D eigenvalue weighted by molar-refractivity contribution is 1.43. The molecule has 0 heterocycles. The van der Waals surface area contributed by atoms with Crippen LogP contribution in [0.15, 0.2) is 42.5 Å². The van der Waals surface area contributed by atoms with Gasteiger partial charge in [0.15, 0.2) is 0 Å². The van der Waals surface area contributed by atoms with Crippen molar-refractivity contribution in [1.82, 2.24) is 0 Å². The second-order valence-electron chi connectivity index (χ2n) is 4.10. The molecule has 2 aromatic carbocycles. The van der Waals surface area contributed by atoms with Gasteiger partial charge >= 0.3 is 0 Å². The van der Waals surface area contributed by atoms with Crippen LogP contribution in [-0.2, 0) is 0 Å². The van der Waals surface area contributed by atoms with Gasteiger partial charge in [0.05, 0.1) is 0 Å². The van der Waals surface area contributed by atoms with Crippen molar-refractivity contribution in [3.8, 4) is 23.5 Å². The zero-order valence-corrected chi connectivity index (χ0v) is 9.62. The number of terminal acetylenes is 1. The average molecular weight is 206 g/mol. The fourth-order valence-electron chi connectivity index (χ4n) is 1.78. The molecule has 0 saturated carbocycles. The van der Waals surface area contributed by atoms with Gasteiger partial charge < -0.3 is 0 Å². The molecule has 0 radical (unpaired) electrons. The van der Waals surface area contributed by atoms with Gasteiger partial charge in [-0.15, -0.1) is 6.42 Å². The first-order valence-electron chi connectivity index (χ1n) is 5.34. The van der Waals surface area contributed by atoms with Crippen molar-refractivity contribution in [3.63, 3.8) is 0 Å². The van der Waals surface area contributed by atoms with Crippen LogP contribution in [0.2, 0.25) is 0 Å². The summed E-state index contributed by atoms with van der Waals surface area (Å²) >= 11 is 0. The molecule has 0 unspecified atom stereocenters. The van der Waals surface area contributed by atoms with Gasteiger partial charge in [0, 0.05) is 5.56 Å². The molecule has 0 aliphatic carbocycles. The highest BCUT2D eigenvalue weighted by atomic mass is 14.0. The van der Waals surface area contributed by atoms with Crippen molar-refractivity contribution in [2.45, 2.75) is 13.8 Å². The third kappa shape index (κ3) is 2.15. The van der Waals surface area contributed by atoms with Crippen molar-refractivity contribution >= 4 is 0 Å². The molecule has 2 aromatic rings. The summed E-state index contributed by atoms with van der Waals surface area (Å²) in [5.74, 6) is 2.69. The van der Waals surface area contributed by atoms with Gasteiger partial charge in [-0.3, -0.25) is 0 Å². The highest BCUT2D eigenvalue weighted by Crippen LogP contribution is 2.22. The normalized spacial score (nSPS) is 9.81. The zero-order valence-electron chi connectivity index (χ0n) is 9.62. The Morgan fingerprint density at radius 2 is 1.50 bits per heavy atom. The first kappa shape index (κ1) is 10.5. The van der Waals surface area contributed by atoms with E-state index in [2.05, 4.69) is 56.2 Å². The first-order chi connectivity index (χ1) is 7.69. The van der Waals surface area contributed by atoms with Crippen molar-refractivity contribution < 1.29 is 0 Å². The standard InChI is InChI=1S/C16H14/c1-4-14-9-13(3)10-16(11-14)15-7-5-12(2)6-8-15/h1,5-11H,2-3H3. The molecular formula is C16H14. The topological polar surface area (TPSA) is 0 Å². The highest BCUT2D eigenvalue weighted by Gasteiger charge is 1.99. The Bertz CT molecular complexity index is 539. The maximum Gasteiger partial charge on any atom is 0.0251 e. The van der Waals surface area contributed by atoms with Crippen LogP contribution < -0.4 is 0 Å². The predicted molar refractivity (Wildman–Crippen MR) is 69.3 cm³/mol. The zero-order chi connectivity index (χ0) is 11.5. The summed E-state index contributed by atoms with van der Waals surface area (Å²) in [6, 6.07) is 14.7. The van der Waals surface area contributed by atoms with Gasteiger partial charge in [-0.25, -0.2) is 0 Å². The van der Waals surface area contributed by atoms with Gasteiger partial charge in [-0.2, -0.15) is 0 Å².